The first-order valence-electron chi connectivity index (χ1n) is 11.5. The van der Waals surface area contributed by atoms with E-state index < -0.39 is 22.5 Å². The van der Waals surface area contributed by atoms with Crippen LogP contribution in [0.5, 0.6) is 0 Å². The predicted molar refractivity (Wildman–Crippen MR) is 127 cm³/mol. The molecule has 0 aromatic carbocycles. The monoisotopic (exact) mass is 468 g/mol. The number of hydrogen-bond acceptors (Lipinski definition) is 7. The van der Waals surface area contributed by atoms with Crippen molar-refractivity contribution in [1.29, 1.82) is 5.26 Å². The Morgan fingerprint density at radius 3 is 2.06 bits per heavy atom. The van der Waals surface area contributed by atoms with Crippen molar-refractivity contribution in [3.8, 4) is 6.07 Å². The molecule has 0 aliphatic carbocycles. The number of imide groups is 1. The van der Waals surface area contributed by atoms with E-state index >= 15 is 0 Å². The maximum absolute atomic E-state index is 12.0. The van der Waals surface area contributed by atoms with Crippen molar-refractivity contribution >= 4 is 46.0 Å². The van der Waals surface area contributed by atoms with Crippen LogP contribution in [0.25, 0.3) is 0 Å². The summed E-state index contributed by atoms with van der Waals surface area (Å²) in [5, 5.41) is 10.1. The molecule has 8 heteroatoms. The van der Waals surface area contributed by atoms with Gasteiger partial charge in [-0.15, -0.1) is 5.06 Å². The molecule has 1 saturated heterocycles. The molecule has 1 fully saturated rings. The number of thiocarbonyl (C=S) groups is 1. The van der Waals surface area contributed by atoms with Crippen molar-refractivity contribution in [2.24, 2.45) is 0 Å². The van der Waals surface area contributed by atoms with E-state index in [0.29, 0.717) is 5.06 Å². The summed E-state index contributed by atoms with van der Waals surface area (Å²) in [5.74, 6) is -1.70. The van der Waals surface area contributed by atoms with Crippen LogP contribution in [-0.4, -0.2) is 31.8 Å². The first-order valence-corrected chi connectivity index (χ1v) is 12.7. The van der Waals surface area contributed by atoms with E-state index in [1.165, 1.54) is 63.1 Å². The van der Waals surface area contributed by atoms with Crippen molar-refractivity contribution in [3.63, 3.8) is 0 Å². The minimum Gasteiger partial charge on any atom is -0.330 e. The lowest BCUT2D eigenvalue weighted by molar-refractivity contribution is -0.197. The second-order valence-electron chi connectivity index (χ2n) is 8.29. The van der Waals surface area contributed by atoms with Crippen LogP contribution in [0.4, 0.5) is 0 Å². The van der Waals surface area contributed by atoms with Gasteiger partial charge in [0.25, 0.3) is 11.8 Å². The van der Waals surface area contributed by atoms with Crippen LogP contribution in [0.15, 0.2) is 0 Å². The molecule has 174 valence electrons. The van der Waals surface area contributed by atoms with Gasteiger partial charge in [-0.2, -0.15) is 5.26 Å². The molecule has 0 N–H and O–H groups in total. The number of nitriles is 1. The molecule has 1 aliphatic heterocycles. The Balaban J connectivity index is 2.19. The normalized spacial score (nSPS) is 15.6. The van der Waals surface area contributed by atoms with E-state index in [2.05, 4.69) is 13.0 Å². The van der Waals surface area contributed by atoms with Crippen molar-refractivity contribution in [1.82, 2.24) is 5.06 Å². The average Bonchev–Trinajstić information content (AvgIpc) is 3.05. The number of thioether (sulfide) groups is 1. The molecule has 1 rings (SSSR count). The van der Waals surface area contributed by atoms with Gasteiger partial charge in [0.1, 0.15) is 4.75 Å². The van der Waals surface area contributed by atoms with E-state index in [-0.39, 0.29) is 25.7 Å². The summed E-state index contributed by atoms with van der Waals surface area (Å²) >= 11 is 6.78. The summed E-state index contributed by atoms with van der Waals surface area (Å²) < 4.78 is -0.0601. The van der Waals surface area contributed by atoms with Crippen molar-refractivity contribution in [2.45, 2.75) is 115 Å². The van der Waals surface area contributed by atoms with Gasteiger partial charge in [0, 0.05) is 17.0 Å². The number of nitrogens with zero attached hydrogens (tertiary/aromatic N) is 2. The van der Waals surface area contributed by atoms with Gasteiger partial charge in [-0.3, -0.25) is 9.59 Å². The molecular weight excluding hydrogens is 432 g/mol. The van der Waals surface area contributed by atoms with Crippen LogP contribution in [0, 0.1) is 11.3 Å². The number of hydrogen-bond donors (Lipinski definition) is 0. The lowest BCUT2D eigenvalue weighted by Gasteiger charge is -2.21. The highest BCUT2D eigenvalue weighted by Gasteiger charge is 2.34. The smallest absolute Gasteiger partial charge is 0.330 e. The first-order chi connectivity index (χ1) is 14.8. The van der Waals surface area contributed by atoms with E-state index in [4.69, 9.17) is 17.1 Å². The molecule has 0 aromatic heterocycles. The third-order valence-electron chi connectivity index (χ3n) is 5.32. The Bertz CT molecular complexity index is 646. The van der Waals surface area contributed by atoms with Crippen LogP contribution < -0.4 is 0 Å². The molecule has 2 amide bonds. The SMILES string of the molecule is CCCCCCCCCCCCC(=S)SC(C)(C#N)CCC(=O)ON1C(=O)CCC1=O. The molecule has 0 saturated carbocycles. The van der Waals surface area contributed by atoms with Gasteiger partial charge in [-0.1, -0.05) is 88.7 Å². The van der Waals surface area contributed by atoms with Crippen molar-refractivity contribution in [2.75, 3.05) is 0 Å². The Labute approximate surface area is 196 Å². The van der Waals surface area contributed by atoms with Crippen LogP contribution in [0.1, 0.15) is 110 Å². The molecule has 1 atom stereocenters. The average molecular weight is 469 g/mol. The van der Waals surface area contributed by atoms with Gasteiger partial charge in [0.2, 0.25) is 0 Å². The third-order valence-corrected chi connectivity index (χ3v) is 6.95. The van der Waals surface area contributed by atoms with Crippen LogP contribution in [0.3, 0.4) is 0 Å². The molecule has 1 unspecified atom stereocenters. The molecule has 6 nitrogen and oxygen atoms in total. The Morgan fingerprint density at radius 2 is 1.55 bits per heavy atom. The van der Waals surface area contributed by atoms with Crippen LogP contribution in [0.2, 0.25) is 0 Å². The van der Waals surface area contributed by atoms with Crippen LogP contribution in [-0.2, 0) is 19.2 Å². The highest BCUT2D eigenvalue weighted by molar-refractivity contribution is 8.24. The molecule has 1 heterocycles. The number of unbranched alkanes of at least 4 members (excludes halogenated alkanes) is 9. The number of hydroxylamine groups is 2. The van der Waals surface area contributed by atoms with E-state index in [9.17, 15) is 19.6 Å². The quantitative estimate of drug-likeness (QED) is 0.155. The maximum atomic E-state index is 12.0. The standard InChI is InChI=1S/C23H36N2O4S2/c1-3-4-5-6-7-8-9-10-11-12-13-22(30)31-23(2,18-24)17-16-21(28)29-25-19(26)14-15-20(25)27/h3-17H2,1-2H3. The second-order valence-corrected chi connectivity index (χ2v) is 10.6. The van der Waals surface area contributed by atoms with Crippen molar-refractivity contribution in [3.05, 3.63) is 0 Å². The highest BCUT2D eigenvalue weighted by atomic mass is 32.2. The molecule has 0 spiro atoms. The van der Waals surface area contributed by atoms with Gasteiger partial charge >= 0.3 is 5.97 Å². The number of carbonyl (C=O) groups is 3. The largest absolute Gasteiger partial charge is 0.333 e. The van der Waals surface area contributed by atoms with Gasteiger partial charge in [0.15, 0.2) is 0 Å². The van der Waals surface area contributed by atoms with Gasteiger partial charge in [-0.05, 0) is 26.2 Å². The molecule has 0 aromatic rings. The van der Waals surface area contributed by atoms with Crippen LogP contribution >= 0.6 is 24.0 Å². The molecule has 0 bridgehead atoms. The fourth-order valence-electron chi connectivity index (χ4n) is 3.33. The number of rotatable bonds is 16. The third kappa shape index (κ3) is 11.6. The van der Waals surface area contributed by atoms with Gasteiger partial charge < -0.3 is 4.84 Å². The van der Waals surface area contributed by atoms with Crippen molar-refractivity contribution < 1.29 is 19.2 Å². The lowest BCUT2D eigenvalue weighted by atomic mass is 10.1. The summed E-state index contributed by atoms with van der Waals surface area (Å²) in [6.45, 7) is 3.99. The summed E-state index contributed by atoms with van der Waals surface area (Å²) in [7, 11) is 0. The molecule has 0 radical (unpaired) electrons. The second kappa shape index (κ2) is 15.4. The van der Waals surface area contributed by atoms with Gasteiger partial charge in [-0.25, -0.2) is 4.79 Å². The minimum atomic E-state index is -0.840. The zero-order chi connectivity index (χ0) is 23.1. The predicted octanol–water partition coefficient (Wildman–Crippen LogP) is 6.03. The van der Waals surface area contributed by atoms with E-state index in [0.717, 1.165) is 23.5 Å². The first kappa shape index (κ1) is 27.6. The summed E-state index contributed by atoms with van der Waals surface area (Å²) in [6, 6.07) is 2.24. The molecular formula is C23H36N2O4S2. The topological polar surface area (TPSA) is 87.5 Å². The Kier molecular flexibility index (Phi) is 13.7. The van der Waals surface area contributed by atoms with E-state index in [1.54, 1.807) is 6.92 Å². The number of carbonyl (C=O) groups excluding carboxylic acids is 3. The van der Waals surface area contributed by atoms with E-state index in [1.807, 2.05) is 0 Å². The summed E-state index contributed by atoms with van der Waals surface area (Å²) in [4.78, 5) is 39.9. The highest BCUT2D eigenvalue weighted by Crippen LogP contribution is 2.32. The summed E-state index contributed by atoms with van der Waals surface area (Å²) in [5.41, 5.74) is 0. The fraction of sp³-hybridized carbons (Fsp3) is 0.783. The lowest BCUT2D eigenvalue weighted by Crippen LogP contribution is -2.32. The molecule has 1 aliphatic rings. The molecule has 31 heavy (non-hydrogen) atoms. The fourth-order valence-corrected chi connectivity index (χ4v) is 5.03. The number of amides is 2. The zero-order valence-electron chi connectivity index (χ0n) is 19.0. The summed E-state index contributed by atoms with van der Waals surface area (Å²) in [6.07, 6.45) is 13.7. The van der Waals surface area contributed by atoms with Gasteiger partial charge in [0.05, 0.1) is 12.5 Å². The Hall–Kier alpha value is -1.46. The zero-order valence-corrected chi connectivity index (χ0v) is 20.6. The Morgan fingerprint density at radius 1 is 1.03 bits per heavy atom. The minimum absolute atomic E-state index is 0.0605. The maximum Gasteiger partial charge on any atom is 0.333 e.